The van der Waals surface area contributed by atoms with Gasteiger partial charge in [-0.3, -0.25) is 14.5 Å². The summed E-state index contributed by atoms with van der Waals surface area (Å²) in [6.45, 7) is 0.260. The van der Waals surface area contributed by atoms with Crippen LogP contribution >= 0.6 is 15.9 Å². The van der Waals surface area contributed by atoms with Crippen LogP contribution in [0.2, 0.25) is 0 Å². The Labute approximate surface area is 117 Å². The highest BCUT2D eigenvalue weighted by Gasteiger charge is 2.31. The zero-order valence-electron chi connectivity index (χ0n) is 9.90. The van der Waals surface area contributed by atoms with Crippen molar-refractivity contribution in [3.63, 3.8) is 0 Å². The number of carbonyl (C=O) groups excluding carboxylic acids is 1. The minimum atomic E-state index is -1.00. The van der Waals surface area contributed by atoms with E-state index >= 15 is 0 Å². The average Bonchev–Trinajstić information content (AvgIpc) is 2.26. The molecule has 19 heavy (non-hydrogen) atoms. The molecule has 1 aromatic carbocycles. The van der Waals surface area contributed by atoms with Crippen molar-refractivity contribution in [2.24, 2.45) is 0 Å². The topological polar surface area (TPSA) is 69.6 Å². The summed E-state index contributed by atoms with van der Waals surface area (Å²) in [5.74, 6) is -1.64. The summed E-state index contributed by atoms with van der Waals surface area (Å²) in [4.78, 5) is 24.0. The van der Waals surface area contributed by atoms with Crippen molar-refractivity contribution in [1.29, 1.82) is 0 Å². The van der Waals surface area contributed by atoms with Gasteiger partial charge in [0, 0.05) is 17.6 Å². The van der Waals surface area contributed by atoms with Crippen LogP contribution in [0.25, 0.3) is 0 Å². The number of benzene rings is 1. The van der Waals surface area contributed by atoms with Gasteiger partial charge in [0.1, 0.15) is 11.9 Å². The fourth-order valence-electron chi connectivity index (χ4n) is 2.04. The summed E-state index contributed by atoms with van der Waals surface area (Å²) < 4.78 is 13.8. The van der Waals surface area contributed by atoms with Crippen LogP contribution in [0.3, 0.4) is 0 Å². The first-order chi connectivity index (χ1) is 8.95. The van der Waals surface area contributed by atoms with Gasteiger partial charge in [0.15, 0.2) is 0 Å². The Morgan fingerprint density at radius 3 is 2.89 bits per heavy atom. The molecule has 5 nitrogen and oxygen atoms in total. The van der Waals surface area contributed by atoms with E-state index < -0.39 is 17.8 Å². The lowest BCUT2D eigenvalue weighted by Gasteiger charge is -2.32. The Morgan fingerprint density at radius 1 is 1.53 bits per heavy atom. The van der Waals surface area contributed by atoms with Gasteiger partial charge in [-0.05, 0) is 23.8 Å². The lowest BCUT2D eigenvalue weighted by molar-refractivity contribution is -0.146. The standard InChI is InChI=1S/C12H12BrFN2O3/c13-8-1-7(2-9(14)3-8)5-16-6-11(17)15-4-10(16)12(18)19/h1-3,10H,4-6H2,(H,15,17)(H,18,19). The van der Waals surface area contributed by atoms with Crippen molar-refractivity contribution in [2.45, 2.75) is 12.6 Å². The molecule has 1 amide bonds. The van der Waals surface area contributed by atoms with Crippen LogP contribution in [0, 0.1) is 5.82 Å². The van der Waals surface area contributed by atoms with Gasteiger partial charge in [0.25, 0.3) is 0 Å². The third-order valence-corrected chi connectivity index (χ3v) is 3.33. The second-order valence-corrected chi connectivity index (χ2v) is 5.26. The van der Waals surface area contributed by atoms with E-state index in [1.807, 2.05) is 0 Å². The number of hydrogen-bond acceptors (Lipinski definition) is 3. The quantitative estimate of drug-likeness (QED) is 0.866. The number of carboxylic acid groups (broad SMARTS) is 1. The first-order valence-electron chi connectivity index (χ1n) is 5.64. The number of rotatable bonds is 3. The molecule has 1 atom stereocenters. The van der Waals surface area contributed by atoms with Gasteiger partial charge in [-0.15, -0.1) is 0 Å². The number of nitrogens with one attached hydrogen (secondary N) is 1. The smallest absolute Gasteiger partial charge is 0.322 e. The molecule has 0 saturated carbocycles. The number of carboxylic acids is 1. The second kappa shape index (κ2) is 5.66. The third kappa shape index (κ3) is 3.51. The van der Waals surface area contributed by atoms with Crippen molar-refractivity contribution in [3.05, 3.63) is 34.1 Å². The first kappa shape index (κ1) is 14.0. The lowest BCUT2D eigenvalue weighted by atomic mass is 10.1. The zero-order chi connectivity index (χ0) is 14.0. The SMILES string of the molecule is O=C1CN(Cc2cc(F)cc(Br)c2)C(C(=O)O)CN1. The van der Waals surface area contributed by atoms with E-state index in [-0.39, 0.29) is 25.5 Å². The van der Waals surface area contributed by atoms with Crippen LogP contribution in [0.15, 0.2) is 22.7 Å². The molecule has 102 valence electrons. The maximum atomic E-state index is 13.3. The van der Waals surface area contributed by atoms with Crippen LogP contribution in [-0.2, 0) is 16.1 Å². The van der Waals surface area contributed by atoms with Gasteiger partial charge in [0.05, 0.1) is 6.54 Å². The van der Waals surface area contributed by atoms with E-state index in [2.05, 4.69) is 21.2 Å². The molecule has 2 N–H and O–H groups in total. The Bertz CT molecular complexity index is 503. The summed E-state index contributed by atoms with van der Waals surface area (Å²) in [5, 5.41) is 11.6. The molecule has 1 aliphatic heterocycles. The number of halogens is 2. The fraction of sp³-hybridized carbons (Fsp3) is 0.333. The van der Waals surface area contributed by atoms with Crippen LogP contribution in [0.4, 0.5) is 4.39 Å². The van der Waals surface area contributed by atoms with E-state index in [9.17, 15) is 14.0 Å². The van der Waals surface area contributed by atoms with Crippen LogP contribution in [0.5, 0.6) is 0 Å². The summed E-state index contributed by atoms with van der Waals surface area (Å²) in [6.07, 6.45) is 0. The Balaban J connectivity index is 2.18. The van der Waals surface area contributed by atoms with Crippen molar-refractivity contribution in [2.75, 3.05) is 13.1 Å². The second-order valence-electron chi connectivity index (χ2n) is 4.34. The van der Waals surface area contributed by atoms with E-state index in [1.165, 1.54) is 17.0 Å². The predicted octanol–water partition coefficient (Wildman–Crippen LogP) is 0.973. The molecule has 7 heteroatoms. The molecule has 0 aliphatic carbocycles. The molecule has 1 saturated heterocycles. The highest BCUT2D eigenvalue weighted by molar-refractivity contribution is 9.10. The maximum absolute atomic E-state index is 13.3. The first-order valence-corrected chi connectivity index (χ1v) is 6.43. The number of piperazine rings is 1. The molecule has 0 aromatic heterocycles. The maximum Gasteiger partial charge on any atom is 0.322 e. The van der Waals surface area contributed by atoms with E-state index in [0.29, 0.717) is 10.0 Å². The molecule has 1 fully saturated rings. The molecule has 1 aliphatic rings. The Hall–Kier alpha value is -1.47. The van der Waals surface area contributed by atoms with E-state index in [0.717, 1.165) is 0 Å². The number of carbonyl (C=O) groups is 2. The molecule has 1 aromatic rings. The van der Waals surface area contributed by atoms with Crippen molar-refractivity contribution in [1.82, 2.24) is 10.2 Å². The Morgan fingerprint density at radius 2 is 2.26 bits per heavy atom. The van der Waals surface area contributed by atoms with Gasteiger partial charge in [0.2, 0.25) is 5.91 Å². The fourth-order valence-corrected chi connectivity index (χ4v) is 2.55. The molecule has 0 radical (unpaired) electrons. The highest BCUT2D eigenvalue weighted by Crippen LogP contribution is 2.18. The van der Waals surface area contributed by atoms with Gasteiger partial charge < -0.3 is 10.4 Å². The van der Waals surface area contributed by atoms with Crippen LogP contribution in [0.1, 0.15) is 5.56 Å². The summed E-state index contributed by atoms with van der Waals surface area (Å²) in [6, 6.07) is 3.56. The Kier molecular flexibility index (Phi) is 4.16. The van der Waals surface area contributed by atoms with Gasteiger partial charge >= 0.3 is 5.97 Å². The average molecular weight is 331 g/mol. The van der Waals surface area contributed by atoms with Crippen molar-refractivity contribution in [3.8, 4) is 0 Å². The number of aliphatic carboxylic acids is 1. The summed E-state index contributed by atoms with van der Waals surface area (Å²) in [7, 11) is 0. The minimum Gasteiger partial charge on any atom is -0.480 e. The minimum absolute atomic E-state index is 0.00883. The van der Waals surface area contributed by atoms with Crippen molar-refractivity contribution >= 4 is 27.8 Å². The summed E-state index contributed by atoms with van der Waals surface area (Å²) in [5.41, 5.74) is 0.618. The van der Waals surface area contributed by atoms with E-state index in [1.54, 1.807) is 6.07 Å². The molecular weight excluding hydrogens is 319 g/mol. The van der Waals surface area contributed by atoms with Crippen molar-refractivity contribution < 1.29 is 19.1 Å². The van der Waals surface area contributed by atoms with Gasteiger partial charge in [-0.1, -0.05) is 15.9 Å². The lowest BCUT2D eigenvalue weighted by Crippen LogP contribution is -2.56. The monoisotopic (exact) mass is 330 g/mol. The predicted molar refractivity (Wildman–Crippen MR) is 68.9 cm³/mol. The van der Waals surface area contributed by atoms with Gasteiger partial charge in [-0.25, -0.2) is 4.39 Å². The molecule has 1 unspecified atom stereocenters. The number of nitrogens with zero attached hydrogens (tertiary/aromatic N) is 1. The number of hydrogen-bond donors (Lipinski definition) is 2. The van der Waals surface area contributed by atoms with Gasteiger partial charge in [-0.2, -0.15) is 0 Å². The third-order valence-electron chi connectivity index (χ3n) is 2.87. The normalized spacial score (nSPS) is 20.1. The van der Waals surface area contributed by atoms with E-state index in [4.69, 9.17) is 5.11 Å². The zero-order valence-corrected chi connectivity index (χ0v) is 11.5. The number of amides is 1. The molecule has 1 heterocycles. The molecule has 0 spiro atoms. The van der Waals surface area contributed by atoms with Crippen LogP contribution < -0.4 is 5.32 Å². The van der Waals surface area contributed by atoms with Crippen LogP contribution in [-0.4, -0.2) is 41.0 Å². The largest absolute Gasteiger partial charge is 0.480 e. The highest BCUT2D eigenvalue weighted by atomic mass is 79.9. The molecule has 2 rings (SSSR count). The molecule has 0 bridgehead atoms. The summed E-state index contributed by atoms with van der Waals surface area (Å²) >= 11 is 3.18. The molecular formula is C12H12BrFN2O3.